The van der Waals surface area contributed by atoms with Crippen LogP contribution in [0, 0.1) is 10.1 Å². The summed E-state index contributed by atoms with van der Waals surface area (Å²) in [5.74, 6) is 0.158. The van der Waals surface area contributed by atoms with Crippen LogP contribution in [0.2, 0.25) is 5.02 Å². The molecule has 0 aliphatic carbocycles. The summed E-state index contributed by atoms with van der Waals surface area (Å²) in [6.07, 6.45) is -0.403. The van der Waals surface area contributed by atoms with Crippen molar-refractivity contribution in [2.45, 2.75) is 39.3 Å². The Morgan fingerprint density at radius 2 is 1.94 bits per heavy atom. The normalized spacial score (nSPS) is 16.9. The SMILES string of the molecule is C[C@@H]1CN(C(=O)c2ccc(-c3ccc([N+](=O)[O-])cc3Cl)o2)CCN1C(=O)OC(C)(C)C. The van der Waals surface area contributed by atoms with Crippen molar-refractivity contribution in [2.24, 2.45) is 0 Å². The van der Waals surface area contributed by atoms with Gasteiger partial charge >= 0.3 is 6.09 Å². The Bertz CT molecular complexity index is 1010. The van der Waals surface area contributed by atoms with Crippen molar-refractivity contribution < 1.29 is 23.7 Å². The maximum absolute atomic E-state index is 12.9. The molecule has 1 aliphatic heterocycles. The monoisotopic (exact) mass is 449 g/mol. The number of rotatable bonds is 3. The van der Waals surface area contributed by atoms with E-state index in [1.165, 1.54) is 18.2 Å². The minimum absolute atomic E-state index is 0.127. The van der Waals surface area contributed by atoms with Crippen LogP contribution in [0.15, 0.2) is 34.7 Å². The Morgan fingerprint density at radius 1 is 1.23 bits per heavy atom. The molecule has 1 atom stereocenters. The molecule has 0 bridgehead atoms. The van der Waals surface area contributed by atoms with Gasteiger partial charge in [-0.3, -0.25) is 14.9 Å². The van der Waals surface area contributed by atoms with Gasteiger partial charge in [-0.15, -0.1) is 0 Å². The molecule has 0 radical (unpaired) electrons. The van der Waals surface area contributed by atoms with Gasteiger partial charge in [0.15, 0.2) is 5.76 Å². The number of nitrogens with zero attached hydrogens (tertiary/aromatic N) is 3. The van der Waals surface area contributed by atoms with Crippen LogP contribution >= 0.6 is 11.6 Å². The Balaban J connectivity index is 1.69. The van der Waals surface area contributed by atoms with E-state index in [1.807, 2.05) is 6.92 Å². The molecule has 1 saturated heterocycles. The number of hydrogen-bond acceptors (Lipinski definition) is 6. The maximum atomic E-state index is 12.9. The second-order valence-corrected chi connectivity index (χ2v) is 8.77. The van der Waals surface area contributed by atoms with Crippen molar-refractivity contribution in [3.05, 3.63) is 51.2 Å². The zero-order valence-corrected chi connectivity index (χ0v) is 18.5. The van der Waals surface area contributed by atoms with Gasteiger partial charge in [-0.25, -0.2) is 4.79 Å². The third-order valence-corrected chi connectivity index (χ3v) is 5.10. The van der Waals surface area contributed by atoms with E-state index in [2.05, 4.69) is 0 Å². The summed E-state index contributed by atoms with van der Waals surface area (Å²) in [6, 6.07) is 6.96. The van der Waals surface area contributed by atoms with E-state index in [1.54, 1.807) is 42.7 Å². The molecule has 166 valence electrons. The number of non-ortho nitro benzene ring substituents is 1. The Morgan fingerprint density at radius 3 is 2.52 bits per heavy atom. The molecule has 1 aromatic carbocycles. The van der Waals surface area contributed by atoms with Crippen molar-refractivity contribution in [3.63, 3.8) is 0 Å². The average Bonchev–Trinajstić information content (AvgIpc) is 3.15. The molecule has 31 heavy (non-hydrogen) atoms. The van der Waals surface area contributed by atoms with E-state index in [0.717, 1.165) is 0 Å². The number of furan rings is 1. The molecule has 9 nitrogen and oxygen atoms in total. The molecule has 2 aromatic rings. The predicted octanol–water partition coefficient (Wildman–Crippen LogP) is 4.59. The quantitative estimate of drug-likeness (QED) is 0.501. The highest BCUT2D eigenvalue weighted by atomic mass is 35.5. The van der Waals surface area contributed by atoms with Crippen LogP contribution in [-0.2, 0) is 4.74 Å². The van der Waals surface area contributed by atoms with Gasteiger partial charge < -0.3 is 19.0 Å². The van der Waals surface area contributed by atoms with Gasteiger partial charge in [0.2, 0.25) is 0 Å². The maximum Gasteiger partial charge on any atom is 0.410 e. The number of benzene rings is 1. The molecule has 0 spiro atoms. The van der Waals surface area contributed by atoms with Crippen molar-refractivity contribution in [3.8, 4) is 11.3 Å². The first-order valence-electron chi connectivity index (χ1n) is 9.79. The third kappa shape index (κ3) is 5.16. The van der Waals surface area contributed by atoms with Crippen molar-refractivity contribution in [1.82, 2.24) is 9.80 Å². The second-order valence-electron chi connectivity index (χ2n) is 8.36. The Labute approximate surface area is 184 Å². The van der Waals surface area contributed by atoms with Crippen LogP contribution < -0.4 is 0 Å². The molecule has 0 saturated carbocycles. The van der Waals surface area contributed by atoms with Gasteiger partial charge in [-0.05, 0) is 45.9 Å². The number of amides is 2. The van der Waals surface area contributed by atoms with Gasteiger partial charge in [-0.2, -0.15) is 0 Å². The van der Waals surface area contributed by atoms with Gasteiger partial charge in [0.25, 0.3) is 11.6 Å². The standard InChI is InChI=1S/C21H24ClN3O6/c1-13-12-23(9-10-24(13)20(27)31-21(2,3)4)19(26)18-8-7-17(30-18)15-6-5-14(25(28)29)11-16(15)22/h5-8,11,13H,9-10,12H2,1-4H3/t13-/m1/s1. The highest BCUT2D eigenvalue weighted by molar-refractivity contribution is 6.33. The van der Waals surface area contributed by atoms with Crippen LogP contribution in [0.4, 0.5) is 10.5 Å². The van der Waals surface area contributed by atoms with Gasteiger partial charge in [0.1, 0.15) is 11.4 Å². The first-order chi connectivity index (χ1) is 14.5. The minimum atomic E-state index is -0.590. The summed E-state index contributed by atoms with van der Waals surface area (Å²) in [5, 5.41) is 11.0. The molecule has 0 unspecified atom stereocenters. The predicted molar refractivity (Wildman–Crippen MR) is 114 cm³/mol. The molecule has 10 heteroatoms. The number of halogens is 1. The summed E-state index contributed by atoms with van der Waals surface area (Å²) in [5.41, 5.74) is -0.268. The fourth-order valence-corrected chi connectivity index (χ4v) is 3.57. The lowest BCUT2D eigenvalue weighted by Gasteiger charge is -2.39. The summed E-state index contributed by atoms with van der Waals surface area (Å²) < 4.78 is 11.1. The van der Waals surface area contributed by atoms with E-state index in [9.17, 15) is 19.7 Å². The second kappa shape index (κ2) is 8.58. The fraction of sp³-hybridized carbons (Fsp3) is 0.429. The smallest absolute Gasteiger partial charge is 0.410 e. The number of ether oxygens (including phenoxy) is 1. The van der Waals surface area contributed by atoms with Crippen molar-refractivity contribution in [2.75, 3.05) is 19.6 Å². The topological polar surface area (TPSA) is 106 Å². The molecule has 2 heterocycles. The van der Waals surface area contributed by atoms with E-state index >= 15 is 0 Å². The van der Waals surface area contributed by atoms with E-state index < -0.39 is 16.6 Å². The molecule has 1 aliphatic rings. The lowest BCUT2D eigenvalue weighted by atomic mass is 10.1. The molecular formula is C21H24ClN3O6. The number of piperazine rings is 1. The van der Waals surface area contributed by atoms with Crippen LogP contribution in [0.25, 0.3) is 11.3 Å². The first-order valence-corrected chi connectivity index (χ1v) is 10.2. The third-order valence-electron chi connectivity index (χ3n) is 4.79. The number of carbonyl (C=O) groups excluding carboxylic acids is 2. The minimum Gasteiger partial charge on any atom is -0.451 e. The van der Waals surface area contributed by atoms with Gasteiger partial charge in [0, 0.05) is 43.4 Å². The van der Waals surface area contributed by atoms with E-state index in [-0.39, 0.29) is 28.4 Å². The Hall–Kier alpha value is -3.07. The van der Waals surface area contributed by atoms with Crippen molar-refractivity contribution >= 4 is 29.3 Å². The summed E-state index contributed by atoms with van der Waals surface area (Å²) in [4.78, 5) is 38.8. The number of hydrogen-bond donors (Lipinski definition) is 0. The van der Waals surface area contributed by atoms with Crippen LogP contribution in [0.3, 0.4) is 0 Å². The zero-order chi connectivity index (χ0) is 22.9. The number of carbonyl (C=O) groups is 2. The van der Waals surface area contributed by atoms with Crippen LogP contribution in [0.1, 0.15) is 38.2 Å². The highest BCUT2D eigenvalue weighted by Crippen LogP contribution is 2.32. The van der Waals surface area contributed by atoms with E-state index in [0.29, 0.717) is 31.0 Å². The summed E-state index contributed by atoms with van der Waals surface area (Å²) in [6.45, 7) is 8.31. The molecule has 0 N–H and O–H groups in total. The largest absolute Gasteiger partial charge is 0.451 e. The molecular weight excluding hydrogens is 426 g/mol. The zero-order valence-electron chi connectivity index (χ0n) is 17.8. The average molecular weight is 450 g/mol. The lowest BCUT2D eigenvalue weighted by molar-refractivity contribution is -0.384. The summed E-state index contributed by atoms with van der Waals surface area (Å²) in [7, 11) is 0. The van der Waals surface area contributed by atoms with E-state index in [4.69, 9.17) is 20.8 Å². The lowest BCUT2D eigenvalue weighted by Crippen LogP contribution is -2.56. The first kappa shape index (κ1) is 22.6. The van der Waals surface area contributed by atoms with Gasteiger partial charge in [0.05, 0.1) is 9.95 Å². The van der Waals surface area contributed by atoms with Crippen molar-refractivity contribution in [1.29, 1.82) is 0 Å². The molecule has 3 rings (SSSR count). The highest BCUT2D eigenvalue weighted by Gasteiger charge is 2.33. The molecule has 1 aromatic heterocycles. The number of nitro groups is 1. The fourth-order valence-electron chi connectivity index (χ4n) is 3.30. The molecule has 1 fully saturated rings. The number of nitro benzene ring substituents is 1. The van der Waals surface area contributed by atoms with Gasteiger partial charge in [-0.1, -0.05) is 11.6 Å². The summed E-state index contributed by atoms with van der Waals surface area (Å²) >= 11 is 6.15. The Kier molecular flexibility index (Phi) is 6.26. The van der Waals surface area contributed by atoms with Crippen LogP contribution in [-0.4, -0.2) is 58.0 Å². The molecule has 2 amide bonds. The van der Waals surface area contributed by atoms with Crippen LogP contribution in [0.5, 0.6) is 0 Å².